The fourth-order valence-electron chi connectivity index (χ4n) is 3.34. The maximum atomic E-state index is 6.29. The number of benzene rings is 4. The third-order valence-corrected chi connectivity index (χ3v) is 5.50. The van der Waals surface area contributed by atoms with E-state index in [1.165, 1.54) is 10.8 Å². The van der Waals surface area contributed by atoms with Gasteiger partial charge in [-0.2, -0.15) is 0 Å². The molecule has 0 fully saturated rings. The number of nitrogens with one attached hydrogen (secondary N) is 1. The van der Waals surface area contributed by atoms with Crippen LogP contribution >= 0.6 is 35.6 Å². The summed E-state index contributed by atoms with van der Waals surface area (Å²) in [5.41, 5.74) is 3.31. The molecule has 0 heterocycles. The minimum Gasteiger partial charge on any atom is -0.489 e. The van der Waals surface area contributed by atoms with E-state index in [-0.39, 0.29) is 12.4 Å². The van der Waals surface area contributed by atoms with Crippen LogP contribution in [-0.4, -0.2) is 0 Å². The Kier molecular flexibility index (Phi) is 8.01. The van der Waals surface area contributed by atoms with Crippen molar-refractivity contribution in [1.82, 2.24) is 5.32 Å². The maximum absolute atomic E-state index is 6.29. The molecule has 0 radical (unpaired) electrons. The molecule has 0 unspecified atom stereocenters. The Balaban J connectivity index is 0.00000256. The van der Waals surface area contributed by atoms with Gasteiger partial charge in [-0.3, -0.25) is 0 Å². The monoisotopic (exact) mass is 457 g/mol. The zero-order valence-corrected chi connectivity index (χ0v) is 18.6. The number of halogens is 3. The van der Waals surface area contributed by atoms with E-state index in [1.54, 1.807) is 0 Å². The highest BCUT2D eigenvalue weighted by Gasteiger charge is 2.10. The molecular weight excluding hydrogens is 437 g/mol. The normalized spacial score (nSPS) is 10.6. The summed E-state index contributed by atoms with van der Waals surface area (Å²) in [6.45, 7) is 1.87. The summed E-state index contributed by atoms with van der Waals surface area (Å²) in [5.74, 6) is 0.880. The summed E-state index contributed by atoms with van der Waals surface area (Å²) < 4.78 is 6.19. The molecule has 0 atom stereocenters. The zero-order chi connectivity index (χ0) is 20.1. The lowest BCUT2D eigenvalue weighted by Crippen LogP contribution is -2.14. The SMILES string of the molecule is Cl.Clc1ccc(COc2ccc3ccccc3c2CNCc2ccccc2Cl)cc1. The Morgan fingerprint density at radius 3 is 2.27 bits per heavy atom. The molecule has 154 valence electrons. The van der Waals surface area contributed by atoms with E-state index in [9.17, 15) is 0 Å². The molecule has 0 aliphatic carbocycles. The lowest BCUT2D eigenvalue weighted by Gasteiger charge is -2.16. The Bertz CT molecular complexity index is 1110. The molecule has 0 spiro atoms. The largest absolute Gasteiger partial charge is 0.489 e. The van der Waals surface area contributed by atoms with E-state index < -0.39 is 0 Å². The molecule has 5 heteroatoms. The summed E-state index contributed by atoms with van der Waals surface area (Å²) in [5, 5.41) is 7.40. The molecule has 1 N–H and O–H groups in total. The van der Waals surface area contributed by atoms with Gasteiger partial charge in [0.2, 0.25) is 0 Å². The fraction of sp³-hybridized carbons (Fsp3) is 0.120. The average molecular weight is 459 g/mol. The van der Waals surface area contributed by atoms with E-state index in [0.717, 1.165) is 32.5 Å². The molecule has 0 aliphatic rings. The van der Waals surface area contributed by atoms with Gasteiger partial charge in [-0.05, 0) is 46.2 Å². The Morgan fingerprint density at radius 1 is 0.733 bits per heavy atom. The van der Waals surface area contributed by atoms with Gasteiger partial charge in [0.25, 0.3) is 0 Å². The lowest BCUT2D eigenvalue weighted by molar-refractivity contribution is 0.302. The van der Waals surface area contributed by atoms with Crippen LogP contribution in [0.5, 0.6) is 5.75 Å². The van der Waals surface area contributed by atoms with Gasteiger partial charge >= 0.3 is 0 Å². The first-order chi connectivity index (χ1) is 14.2. The number of hydrogen-bond donors (Lipinski definition) is 1. The van der Waals surface area contributed by atoms with Crippen LogP contribution in [0.2, 0.25) is 10.0 Å². The first-order valence-corrected chi connectivity index (χ1v) is 10.3. The Labute approximate surface area is 193 Å². The quantitative estimate of drug-likeness (QED) is 0.311. The zero-order valence-electron chi connectivity index (χ0n) is 16.3. The highest BCUT2D eigenvalue weighted by atomic mass is 35.5. The highest BCUT2D eigenvalue weighted by molar-refractivity contribution is 6.31. The van der Waals surface area contributed by atoms with Crippen LogP contribution < -0.4 is 10.1 Å². The second-order valence-electron chi connectivity index (χ2n) is 6.87. The third-order valence-electron chi connectivity index (χ3n) is 4.88. The minimum absolute atomic E-state index is 0. The van der Waals surface area contributed by atoms with Crippen molar-refractivity contribution in [3.63, 3.8) is 0 Å². The van der Waals surface area contributed by atoms with E-state index in [1.807, 2.05) is 54.6 Å². The second kappa shape index (κ2) is 10.7. The van der Waals surface area contributed by atoms with E-state index in [4.69, 9.17) is 27.9 Å². The molecule has 0 amide bonds. The topological polar surface area (TPSA) is 21.3 Å². The average Bonchev–Trinajstić information content (AvgIpc) is 2.75. The van der Waals surface area contributed by atoms with Crippen molar-refractivity contribution >= 4 is 46.4 Å². The molecule has 4 aromatic carbocycles. The van der Waals surface area contributed by atoms with Crippen molar-refractivity contribution in [2.45, 2.75) is 19.7 Å². The summed E-state index contributed by atoms with van der Waals surface area (Å²) in [4.78, 5) is 0. The third kappa shape index (κ3) is 5.47. The van der Waals surface area contributed by atoms with E-state index >= 15 is 0 Å². The van der Waals surface area contributed by atoms with Crippen molar-refractivity contribution in [3.05, 3.63) is 112 Å². The number of fused-ring (bicyclic) bond motifs is 1. The highest BCUT2D eigenvalue weighted by Crippen LogP contribution is 2.29. The van der Waals surface area contributed by atoms with Crippen molar-refractivity contribution < 1.29 is 4.74 Å². The van der Waals surface area contributed by atoms with Crippen LogP contribution in [0.15, 0.2) is 84.9 Å². The predicted molar refractivity (Wildman–Crippen MR) is 129 cm³/mol. The van der Waals surface area contributed by atoms with Crippen LogP contribution in [0.25, 0.3) is 10.8 Å². The smallest absolute Gasteiger partial charge is 0.124 e. The van der Waals surface area contributed by atoms with Crippen molar-refractivity contribution in [2.24, 2.45) is 0 Å². The van der Waals surface area contributed by atoms with E-state index in [0.29, 0.717) is 19.7 Å². The van der Waals surface area contributed by atoms with Gasteiger partial charge < -0.3 is 10.1 Å². The van der Waals surface area contributed by atoms with Crippen molar-refractivity contribution in [2.75, 3.05) is 0 Å². The van der Waals surface area contributed by atoms with Gasteiger partial charge in [0, 0.05) is 28.7 Å². The number of ether oxygens (including phenoxy) is 1. The molecular formula is C25H22Cl3NO. The van der Waals surface area contributed by atoms with Gasteiger partial charge in [-0.25, -0.2) is 0 Å². The molecule has 0 aliphatic heterocycles. The molecule has 4 aromatic rings. The minimum atomic E-state index is 0. The van der Waals surface area contributed by atoms with Crippen molar-refractivity contribution in [1.29, 1.82) is 0 Å². The van der Waals surface area contributed by atoms with Gasteiger partial charge in [0.05, 0.1) is 0 Å². The molecule has 0 bridgehead atoms. The summed E-state index contributed by atoms with van der Waals surface area (Å²) in [6, 6.07) is 28.1. The molecule has 0 saturated carbocycles. The first kappa shape index (κ1) is 22.5. The van der Waals surface area contributed by atoms with Gasteiger partial charge in [-0.15, -0.1) is 12.4 Å². The molecule has 4 rings (SSSR count). The molecule has 30 heavy (non-hydrogen) atoms. The predicted octanol–water partition coefficient (Wildman–Crippen LogP) is 7.44. The number of rotatable bonds is 7. The number of hydrogen-bond acceptors (Lipinski definition) is 2. The summed E-state index contributed by atoms with van der Waals surface area (Å²) in [7, 11) is 0. The van der Waals surface area contributed by atoms with Gasteiger partial charge in [0.1, 0.15) is 12.4 Å². The van der Waals surface area contributed by atoms with Crippen LogP contribution in [0.1, 0.15) is 16.7 Å². The van der Waals surface area contributed by atoms with Crippen LogP contribution in [0.3, 0.4) is 0 Å². The van der Waals surface area contributed by atoms with Gasteiger partial charge in [-0.1, -0.05) is 83.9 Å². The molecule has 2 nitrogen and oxygen atoms in total. The van der Waals surface area contributed by atoms with Crippen LogP contribution in [0.4, 0.5) is 0 Å². The van der Waals surface area contributed by atoms with Crippen LogP contribution in [-0.2, 0) is 19.7 Å². The lowest BCUT2D eigenvalue weighted by atomic mass is 10.0. The molecule has 0 aromatic heterocycles. The van der Waals surface area contributed by atoms with E-state index in [2.05, 4.69) is 35.6 Å². The van der Waals surface area contributed by atoms with Crippen LogP contribution in [0, 0.1) is 0 Å². The Morgan fingerprint density at radius 2 is 1.47 bits per heavy atom. The second-order valence-corrected chi connectivity index (χ2v) is 7.72. The summed E-state index contributed by atoms with van der Waals surface area (Å²) >= 11 is 12.3. The first-order valence-electron chi connectivity index (χ1n) is 9.53. The Hall–Kier alpha value is -2.23. The standard InChI is InChI=1S/C25H21Cl2NO.ClH/c26-21-12-9-18(10-13-21)17-29-25-14-11-19-5-1-3-7-22(19)23(25)16-28-15-20-6-2-4-8-24(20)27;/h1-14,28H,15-17H2;1H. The van der Waals surface area contributed by atoms with Gasteiger partial charge in [0.15, 0.2) is 0 Å². The maximum Gasteiger partial charge on any atom is 0.124 e. The summed E-state index contributed by atoms with van der Waals surface area (Å²) in [6.07, 6.45) is 0. The fourth-order valence-corrected chi connectivity index (χ4v) is 3.67. The van der Waals surface area contributed by atoms with Crippen molar-refractivity contribution in [3.8, 4) is 5.75 Å². The molecule has 0 saturated heterocycles.